The summed E-state index contributed by atoms with van der Waals surface area (Å²) >= 11 is 0. The highest BCUT2D eigenvalue weighted by Gasteiger charge is 2.19. The Balaban J connectivity index is 3.86. The molecule has 0 heterocycles. The molecule has 0 fully saturated rings. The van der Waals surface area contributed by atoms with Crippen LogP contribution in [0.1, 0.15) is 27.2 Å². The maximum atomic E-state index is 11.5. The lowest BCUT2D eigenvalue weighted by Crippen LogP contribution is -2.41. The molecule has 0 bridgehead atoms. The number of rotatable bonds is 6. The van der Waals surface area contributed by atoms with Gasteiger partial charge in [-0.1, -0.05) is 13.8 Å². The molecule has 0 aromatic rings. The molecule has 0 aromatic heterocycles. The van der Waals surface area contributed by atoms with Crippen LogP contribution in [0.15, 0.2) is 0 Å². The van der Waals surface area contributed by atoms with Crippen LogP contribution in [-0.4, -0.2) is 44.8 Å². The average molecular weight is 216 g/mol. The lowest BCUT2D eigenvalue weighted by molar-refractivity contribution is 0.149. The first-order valence-electron chi connectivity index (χ1n) is 5.41. The normalized spacial score (nSPS) is 11.3. The maximum absolute atomic E-state index is 11.5. The lowest BCUT2D eigenvalue weighted by Gasteiger charge is -2.26. The number of hydrogen-bond donors (Lipinski definition) is 1. The highest BCUT2D eigenvalue weighted by atomic mass is 16.5. The van der Waals surface area contributed by atoms with E-state index in [1.165, 1.54) is 0 Å². The first-order valence-corrected chi connectivity index (χ1v) is 5.41. The number of hydrogen-bond acceptors (Lipinski definition) is 2. The van der Waals surface area contributed by atoms with E-state index >= 15 is 0 Å². The topological polar surface area (TPSA) is 41.6 Å². The molecule has 0 saturated heterocycles. The molecule has 0 aromatic carbocycles. The highest BCUT2D eigenvalue weighted by Crippen LogP contribution is 2.18. The van der Waals surface area contributed by atoms with Gasteiger partial charge in [0.2, 0.25) is 0 Å². The van der Waals surface area contributed by atoms with Crippen molar-refractivity contribution in [1.82, 2.24) is 10.2 Å². The quantitative estimate of drug-likeness (QED) is 0.734. The number of methoxy groups -OCH3 is 1. The van der Waals surface area contributed by atoms with Gasteiger partial charge in [-0.2, -0.15) is 0 Å². The van der Waals surface area contributed by atoms with Gasteiger partial charge in [-0.05, 0) is 18.8 Å². The molecule has 0 saturated carbocycles. The van der Waals surface area contributed by atoms with Gasteiger partial charge in [0.15, 0.2) is 0 Å². The zero-order chi connectivity index (χ0) is 11.9. The van der Waals surface area contributed by atoms with E-state index in [-0.39, 0.29) is 11.4 Å². The number of urea groups is 1. The van der Waals surface area contributed by atoms with Gasteiger partial charge < -0.3 is 15.0 Å². The number of nitrogens with one attached hydrogen (secondary N) is 1. The Kier molecular flexibility index (Phi) is 6.32. The minimum atomic E-state index is -0.0111. The molecule has 0 aliphatic heterocycles. The first-order chi connectivity index (χ1) is 6.93. The van der Waals surface area contributed by atoms with Crippen molar-refractivity contribution in [2.75, 3.05) is 33.9 Å². The molecule has 1 N–H and O–H groups in total. The third-order valence-electron chi connectivity index (χ3n) is 2.52. The van der Waals surface area contributed by atoms with Crippen molar-refractivity contribution in [3.05, 3.63) is 0 Å². The Morgan fingerprint density at radius 3 is 2.53 bits per heavy atom. The van der Waals surface area contributed by atoms with Crippen LogP contribution in [0.25, 0.3) is 0 Å². The lowest BCUT2D eigenvalue weighted by atomic mass is 9.90. The van der Waals surface area contributed by atoms with Crippen LogP contribution < -0.4 is 5.32 Å². The van der Waals surface area contributed by atoms with Gasteiger partial charge in [0.25, 0.3) is 0 Å². The van der Waals surface area contributed by atoms with E-state index in [4.69, 9.17) is 4.74 Å². The van der Waals surface area contributed by atoms with E-state index < -0.39 is 0 Å². The Morgan fingerprint density at radius 1 is 1.47 bits per heavy atom. The van der Waals surface area contributed by atoms with Crippen molar-refractivity contribution >= 4 is 6.03 Å². The van der Waals surface area contributed by atoms with E-state index in [1.54, 1.807) is 19.1 Å². The third-order valence-corrected chi connectivity index (χ3v) is 2.52. The molecule has 0 atom stereocenters. The predicted molar refractivity (Wildman–Crippen MR) is 62.0 cm³/mol. The maximum Gasteiger partial charge on any atom is 0.317 e. The number of nitrogens with zero attached hydrogens (tertiary/aromatic N) is 1. The van der Waals surface area contributed by atoms with Gasteiger partial charge in [0, 0.05) is 33.9 Å². The van der Waals surface area contributed by atoms with Crippen LogP contribution >= 0.6 is 0 Å². The third kappa shape index (κ3) is 6.33. The number of carbonyl (C=O) groups excluding carboxylic acids is 1. The van der Waals surface area contributed by atoms with E-state index in [2.05, 4.69) is 19.2 Å². The van der Waals surface area contributed by atoms with Crippen LogP contribution in [0.5, 0.6) is 0 Å². The smallest absolute Gasteiger partial charge is 0.317 e. The standard InChI is InChI=1S/C11H24N2O2/c1-6-13(4)10(14)12-9-11(2,3)7-8-15-5/h6-9H2,1-5H3,(H,12,14). The van der Waals surface area contributed by atoms with E-state index in [0.29, 0.717) is 6.54 Å². The number of amides is 2. The Hall–Kier alpha value is -0.770. The zero-order valence-electron chi connectivity index (χ0n) is 10.6. The molecule has 15 heavy (non-hydrogen) atoms. The number of carbonyl (C=O) groups is 1. The molecule has 2 amide bonds. The highest BCUT2D eigenvalue weighted by molar-refractivity contribution is 5.73. The molecule has 0 rings (SSSR count). The summed E-state index contributed by atoms with van der Waals surface area (Å²) in [5.41, 5.74) is 0.0836. The summed E-state index contributed by atoms with van der Waals surface area (Å²) in [6.45, 7) is 8.34. The van der Waals surface area contributed by atoms with Crippen molar-refractivity contribution in [2.45, 2.75) is 27.2 Å². The van der Waals surface area contributed by atoms with E-state index in [1.807, 2.05) is 6.92 Å². The van der Waals surface area contributed by atoms with Gasteiger partial charge >= 0.3 is 6.03 Å². The Bertz CT molecular complexity index is 193. The van der Waals surface area contributed by atoms with Crippen LogP contribution in [0.3, 0.4) is 0 Å². The number of ether oxygens (including phenoxy) is 1. The molecule has 4 heteroatoms. The molecule has 4 nitrogen and oxygen atoms in total. The minimum Gasteiger partial charge on any atom is -0.385 e. The van der Waals surface area contributed by atoms with Gasteiger partial charge in [0.05, 0.1) is 0 Å². The van der Waals surface area contributed by atoms with Crippen LogP contribution in [0, 0.1) is 5.41 Å². The summed E-state index contributed by atoms with van der Waals surface area (Å²) in [7, 11) is 3.48. The summed E-state index contributed by atoms with van der Waals surface area (Å²) < 4.78 is 5.03. The van der Waals surface area contributed by atoms with Crippen LogP contribution in [0.4, 0.5) is 4.79 Å². The second kappa shape index (κ2) is 6.67. The average Bonchev–Trinajstić information content (AvgIpc) is 2.22. The molecule has 0 aliphatic rings. The van der Waals surface area contributed by atoms with Crippen molar-refractivity contribution in [2.24, 2.45) is 5.41 Å². The fourth-order valence-electron chi connectivity index (χ4n) is 1.06. The fourth-order valence-corrected chi connectivity index (χ4v) is 1.06. The summed E-state index contributed by atoms with van der Waals surface area (Å²) in [5, 5.41) is 2.91. The predicted octanol–water partition coefficient (Wildman–Crippen LogP) is 1.71. The minimum absolute atomic E-state index is 0.0111. The Labute approximate surface area is 93.0 Å². The summed E-state index contributed by atoms with van der Waals surface area (Å²) in [5.74, 6) is 0. The van der Waals surface area contributed by atoms with Crippen molar-refractivity contribution in [3.63, 3.8) is 0 Å². The van der Waals surface area contributed by atoms with Gasteiger partial charge in [0.1, 0.15) is 0 Å². The van der Waals surface area contributed by atoms with Crippen molar-refractivity contribution in [3.8, 4) is 0 Å². The van der Waals surface area contributed by atoms with Gasteiger partial charge in [-0.25, -0.2) is 4.79 Å². The Morgan fingerprint density at radius 2 is 2.07 bits per heavy atom. The van der Waals surface area contributed by atoms with Gasteiger partial charge in [-0.3, -0.25) is 0 Å². The monoisotopic (exact) mass is 216 g/mol. The molecule has 0 radical (unpaired) electrons. The van der Waals surface area contributed by atoms with Crippen LogP contribution in [-0.2, 0) is 4.74 Å². The molecule has 90 valence electrons. The van der Waals surface area contributed by atoms with E-state index in [0.717, 1.165) is 19.6 Å². The SMILES string of the molecule is CCN(C)C(=O)NCC(C)(C)CCOC. The van der Waals surface area contributed by atoms with Crippen molar-refractivity contribution < 1.29 is 9.53 Å². The van der Waals surface area contributed by atoms with E-state index in [9.17, 15) is 4.79 Å². The molecular weight excluding hydrogens is 192 g/mol. The second-order valence-corrected chi connectivity index (χ2v) is 4.58. The summed E-state index contributed by atoms with van der Waals surface area (Å²) in [6, 6.07) is -0.0111. The summed E-state index contributed by atoms with van der Waals surface area (Å²) in [4.78, 5) is 13.1. The first kappa shape index (κ1) is 14.2. The van der Waals surface area contributed by atoms with Crippen molar-refractivity contribution in [1.29, 1.82) is 0 Å². The zero-order valence-corrected chi connectivity index (χ0v) is 10.6. The largest absolute Gasteiger partial charge is 0.385 e. The molecule has 0 aliphatic carbocycles. The fraction of sp³-hybridized carbons (Fsp3) is 0.909. The second-order valence-electron chi connectivity index (χ2n) is 4.58. The molecule has 0 spiro atoms. The molecule has 0 unspecified atom stereocenters. The molecular formula is C11H24N2O2. The van der Waals surface area contributed by atoms with Crippen LogP contribution in [0.2, 0.25) is 0 Å². The summed E-state index contributed by atoms with van der Waals surface area (Å²) in [6.07, 6.45) is 0.944. The van der Waals surface area contributed by atoms with Gasteiger partial charge in [-0.15, -0.1) is 0 Å².